The van der Waals surface area contributed by atoms with Crippen molar-refractivity contribution in [1.82, 2.24) is 9.88 Å². The molecule has 1 N–H and O–H groups in total. The molecule has 1 amide bonds. The summed E-state index contributed by atoms with van der Waals surface area (Å²) in [4.78, 5) is 12.1. The predicted molar refractivity (Wildman–Crippen MR) is 104 cm³/mol. The lowest BCUT2D eigenvalue weighted by atomic mass is 10.1. The number of carbonyl (C=O) groups excluding carboxylic acids is 1. The summed E-state index contributed by atoms with van der Waals surface area (Å²) in [6.07, 6.45) is 3.32. The van der Waals surface area contributed by atoms with E-state index in [0.717, 1.165) is 22.2 Å². The van der Waals surface area contributed by atoms with Gasteiger partial charge in [0.2, 0.25) is 5.91 Å². The third-order valence-corrected chi connectivity index (χ3v) is 4.70. The van der Waals surface area contributed by atoms with Crippen LogP contribution in [0.15, 0.2) is 59.2 Å². The molecule has 3 rings (SSSR count). The van der Waals surface area contributed by atoms with Gasteiger partial charge in [0.15, 0.2) is 0 Å². The first kappa shape index (κ1) is 17.5. The highest BCUT2D eigenvalue weighted by atomic mass is 79.9. The first-order valence-corrected chi connectivity index (χ1v) is 9.09. The quantitative estimate of drug-likeness (QED) is 0.646. The van der Waals surface area contributed by atoms with Crippen LogP contribution < -0.4 is 10.1 Å². The van der Waals surface area contributed by atoms with Crippen molar-refractivity contribution in [2.45, 2.75) is 19.4 Å². The number of nitrogens with zero attached hydrogens (tertiary/aromatic N) is 1. The van der Waals surface area contributed by atoms with Crippen molar-refractivity contribution in [2.75, 3.05) is 13.7 Å². The van der Waals surface area contributed by atoms with Crippen molar-refractivity contribution in [3.63, 3.8) is 0 Å². The number of hydrogen-bond donors (Lipinski definition) is 1. The van der Waals surface area contributed by atoms with Crippen LogP contribution in [0.1, 0.15) is 12.0 Å². The van der Waals surface area contributed by atoms with Crippen LogP contribution in [-0.4, -0.2) is 24.1 Å². The smallest absolute Gasteiger partial charge is 0.221 e. The summed E-state index contributed by atoms with van der Waals surface area (Å²) in [5, 5.41) is 4.16. The number of methoxy groups -OCH3 is 1. The van der Waals surface area contributed by atoms with Crippen molar-refractivity contribution in [3.05, 3.63) is 64.8 Å². The molecular weight excluding hydrogens is 380 g/mol. The average Bonchev–Trinajstić information content (AvgIpc) is 3.02. The van der Waals surface area contributed by atoms with Gasteiger partial charge in [-0.2, -0.15) is 0 Å². The number of amides is 1. The minimum atomic E-state index is 0.0764. The number of aryl methyl sites for hydroxylation is 1. The largest absolute Gasteiger partial charge is 0.497 e. The summed E-state index contributed by atoms with van der Waals surface area (Å²) >= 11 is 3.48. The summed E-state index contributed by atoms with van der Waals surface area (Å²) in [5.41, 5.74) is 2.33. The van der Waals surface area contributed by atoms with Gasteiger partial charge in [0.1, 0.15) is 5.75 Å². The first-order chi connectivity index (χ1) is 12.2. The van der Waals surface area contributed by atoms with Crippen LogP contribution in [0.4, 0.5) is 0 Å². The Bertz CT molecular complexity index is 856. The summed E-state index contributed by atoms with van der Waals surface area (Å²) in [7, 11) is 1.65. The second-order valence-corrected chi connectivity index (χ2v) is 6.83. The molecule has 0 unspecified atom stereocenters. The zero-order valence-electron chi connectivity index (χ0n) is 14.2. The van der Waals surface area contributed by atoms with Gasteiger partial charge >= 0.3 is 0 Å². The number of nitrogens with one attached hydrogen (secondary N) is 1. The number of ether oxygens (including phenoxy) is 1. The van der Waals surface area contributed by atoms with E-state index in [-0.39, 0.29) is 5.91 Å². The molecule has 0 saturated carbocycles. The molecule has 0 aliphatic carbocycles. The van der Waals surface area contributed by atoms with Gasteiger partial charge in [-0.3, -0.25) is 4.79 Å². The lowest BCUT2D eigenvalue weighted by Gasteiger charge is -2.08. The molecule has 4 nitrogen and oxygen atoms in total. The van der Waals surface area contributed by atoms with E-state index in [9.17, 15) is 4.79 Å². The van der Waals surface area contributed by atoms with Crippen LogP contribution >= 0.6 is 15.9 Å². The highest BCUT2D eigenvalue weighted by molar-refractivity contribution is 9.10. The molecule has 25 heavy (non-hydrogen) atoms. The molecule has 3 aromatic rings. The number of aromatic nitrogens is 1. The van der Waals surface area contributed by atoms with Crippen LogP contribution in [0.3, 0.4) is 0 Å². The maximum absolute atomic E-state index is 12.1. The van der Waals surface area contributed by atoms with Crippen LogP contribution in [0.25, 0.3) is 10.9 Å². The van der Waals surface area contributed by atoms with Crippen molar-refractivity contribution in [1.29, 1.82) is 0 Å². The minimum Gasteiger partial charge on any atom is -0.497 e. The highest BCUT2D eigenvalue weighted by Gasteiger charge is 2.05. The molecule has 0 aliphatic rings. The molecule has 0 saturated heterocycles. The fourth-order valence-electron chi connectivity index (χ4n) is 2.81. The standard InChI is InChI=1S/C20H21BrN2O2/c1-25-18-5-2-15(3-6-18)8-11-22-20(24)10-13-23-12-9-16-14-17(21)4-7-19(16)23/h2-7,9,12,14H,8,10-11,13H2,1H3,(H,22,24). The van der Waals surface area contributed by atoms with E-state index in [4.69, 9.17) is 4.74 Å². The maximum atomic E-state index is 12.1. The van der Waals surface area contributed by atoms with Gasteiger partial charge in [-0.15, -0.1) is 0 Å². The van der Waals surface area contributed by atoms with Crippen molar-refractivity contribution in [2.24, 2.45) is 0 Å². The van der Waals surface area contributed by atoms with Crippen molar-refractivity contribution >= 4 is 32.7 Å². The number of halogens is 1. The Morgan fingerprint density at radius 2 is 1.96 bits per heavy atom. The van der Waals surface area contributed by atoms with Crippen LogP contribution in [-0.2, 0) is 17.8 Å². The normalized spacial score (nSPS) is 10.8. The van der Waals surface area contributed by atoms with Crippen LogP contribution in [0.5, 0.6) is 5.75 Å². The molecule has 0 atom stereocenters. The molecule has 0 aliphatic heterocycles. The van der Waals surface area contributed by atoms with Crippen LogP contribution in [0, 0.1) is 0 Å². The maximum Gasteiger partial charge on any atom is 0.221 e. The summed E-state index contributed by atoms with van der Waals surface area (Å²) in [5.74, 6) is 0.922. The Balaban J connectivity index is 1.45. The number of carbonyl (C=O) groups is 1. The highest BCUT2D eigenvalue weighted by Crippen LogP contribution is 2.21. The monoisotopic (exact) mass is 400 g/mol. The van der Waals surface area contributed by atoms with E-state index in [1.807, 2.05) is 36.5 Å². The van der Waals surface area contributed by atoms with Gasteiger partial charge in [-0.05, 0) is 48.4 Å². The van der Waals surface area contributed by atoms with Gasteiger partial charge in [0, 0.05) is 41.1 Å². The number of benzene rings is 2. The fourth-order valence-corrected chi connectivity index (χ4v) is 3.19. The third kappa shape index (κ3) is 4.63. The van der Waals surface area contributed by atoms with Gasteiger partial charge < -0.3 is 14.6 Å². The summed E-state index contributed by atoms with van der Waals surface area (Å²) < 4.78 is 8.32. The zero-order valence-corrected chi connectivity index (χ0v) is 15.8. The lowest BCUT2D eigenvalue weighted by Crippen LogP contribution is -2.26. The lowest BCUT2D eigenvalue weighted by molar-refractivity contribution is -0.121. The molecule has 5 heteroatoms. The predicted octanol–water partition coefficient (Wildman–Crippen LogP) is 4.16. The van der Waals surface area contributed by atoms with E-state index in [0.29, 0.717) is 19.5 Å². The number of rotatable bonds is 7. The summed E-state index contributed by atoms with van der Waals surface area (Å²) in [6, 6.07) is 16.2. The fraction of sp³-hybridized carbons (Fsp3) is 0.250. The van der Waals surface area contributed by atoms with Crippen molar-refractivity contribution < 1.29 is 9.53 Å². The molecule has 2 aromatic carbocycles. The Kier molecular flexibility index (Phi) is 5.76. The third-order valence-electron chi connectivity index (χ3n) is 4.21. The average molecular weight is 401 g/mol. The van der Waals surface area contributed by atoms with E-state index in [1.54, 1.807) is 7.11 Å². The molecule has 1 aromatic heterocycles. The Morgan fingerprint density at radius 1 is 1.16 bits per heavy atom. The van der Waals surface area contributed by atoms with E-state index < -0.39 is 0 Å². The van der Waals surface area contributed by atoms with E-state index in [2.05, 4.69) is 44.0 Å². The molecular formula is C20H21BrN2O2. The second-order valence-electron chi connectivity index (χ2n) is 5.91. The topological polar surface area (TPSA) is 43.3 Å². The van der Waals surface area contributed by atoms with Gasteiger partial charge in [0.05, 0.1) is 7.11 Å². The van der Waals surface area contributed by atoms with E-state index in [1.165, 1.54) is 10.9 Å². The van der Waals surface area contributed by atoms with E-state index >= 15 is 0 Å². The SMILES string of the molecule is COc1ccc(CCNC(=O)CCn2ccc3cc(Br)ccc32)cc1. The molecule has 1 heterocycles. The Morgan fingerprint density at radius 3 is 2.72 bits per heavy atom. The van der Waals surface area contributed by atoms with Gasteiger partial charge in [-0.25, -0.2) is 0 Å². The number of fused-ring (bicyclic) bond motifs is 1. The zero-order chi connectivity index (χ0) is 17.6. The Hall–Kier alpha value is -2.27. The van der Waals surface area contributed by atoms with Gasteiger partial charge in [-0.1, -0.05) is 28.1 Å². The summed E-state index contributed by atoms with van der Waals surface area (Å²) in [6.45, 7) is 1.32. The minimum absolute atomic E-state index is 0.0764. The second kappa shape index (κ2) is 8.21. The Labute approximate surface area is 155 Å². The molecule has 0 spiro atoms. The molecule has 0 bridgehead atoms. The molecule has 0 radical (unpaired) electrons. The first-order valence-electron chi connectivity index (χ1n) is 8.30. The molecule has 0 fully saturated rings. The van der Waals surface area contributed by atoms with Crippen molar-refractivity contribution in [3.8, 4) is 5.75 Å². The number of hydrogen-bond acceptors (Lipinski definition) is 2. The molecule has 130 valence electrons. The van der Waals surface area contributed by atoms with Gasteiger partial charge in [0.25, 0.3) is 0 Å². The van der Waals surface area contributed by atoms with Crippen LogP contribution in [0.2, 0.25) is 0 Å².